The summed E-state index contributed by atoms with van der Waals surface area (Å²) in [5.74, 6) is 0.0366. The first-order valence-electron chi connectivity index (χ1n) is 18.3. The maximum Gasteiger partial charge on any atom is 0.246 e. The van der Waals surface area contributed by atoms with Gasteiger partial charge in [0.05, 0.1) is 19.0 Å². The number of carbonyl (C=O) groups excluding carboxylic acids is 4. The summed E-state index contributed by atoms with van der Waals surface area (Å²) in [5, 5.41) is 11.7. The van der Waals surface area contributed by atoms with Crippen molar-refractivity contribution in [3.05, 3.63) is 127 Å². The highest BCUT2D eigenvalue weighted by Gasteiger charge is 2.22. The van der Waals surface area contributed by atoms with E-state index >= 15 is 0 Å². The first-order valence-corrected chi connectivity index (χ1v) is 18.3. The number of unbranched alkanes of at least 4 members (excludes halogenated alkanes) is 2. The second-order valence-corrected chi connectivity index (χ2v) is 13.0. The predicted molar refractivity (Wildman–Crippen MR) is 208 cm³/mol. The quantitative estimate of drug-likeness (QED) is 0.0733. The number of aromatic nitrogens is 1. The molecular weight excluding hydrogens is 667 g/mol. The Morgan fingerprint density at radius 2 is 1.02 bits per heavy atom. The average Bonchev–Trinajstić information content (AvgIpc) is 3.67. The van der Waals surface area contributed by atoms with E-state index in [2.05, 4.69) is 26.3 Å². The van der Waals surface area contributed by atoms with Crippen LogP contribution in [0.1, 0.15) is 63.5 Å². The monoisotopic (exact) mass is 713 g/mol. The number of carbonyl (C=O) groups is 4. The van der Waals surface area contributed by atoms with E-state index in [-0.39, 0.29) is 36.5 Å². The lowest BCUT2D eigenvalue weighted by Crippen LogP contribution is -2.44. The number of anilines is 2. The highest BCUT2D eigenvalue weighted by Crippen LogP contribution is 2.28. The zero-order valence-corrected chi connectivity index (χ0v) is 30.3. The Morgan fingerprint density at radius 3 is 1.45 bits per heavy atom. The summed E-state index contributed by atoms with van der Waals surface area (Å²) < 4.78 is 6.07. The molecule has 1 heterocycles. The van der Waals surface area contributed by atoms with Crippen molar-refractivity contribution in [2.24, 2.45) is 0 Å². The number of amides is 4. The molecular formula is C43H47N5O5. The lowest BCUT2D eigenvalue weighted by molar-refractivity contribution is -0.126. The van der Waals surface area contributed by atoms with Gasteiger partial charge in [0.25, 0.3) is 0 Å². The molecule has 0 unspecified atom stereocenters. The zero-order valence-electron chi connectivity index (χ0n) is 30.3. The third-order valence-electron chi connectivity index (χ3n) is 8.75. The van der Waals surface area contributed by atoms with Crippen LogP contribution in [0.5, 0.6) is 0 Å². The molecule has 0 fully saturated rings. The van der Waals surface area contributed by atoms with Gasteiger partial charge in [-0.15, -0.1) is 0 Å². The maximum atomic E-state index is 13.2. The van der Waals surface area contributed by atoms with Gasteiger partial charge >= 0.3 is 0 Å². The maximum absolute atomic E-state index is 13.2. The van der Waals surface area contributed by atoms with Crippen LogP contribution >= 0.6 is 0 Å². The second-order valence-electron chi connectivity index (χ2n) is 13.0. The Hall–Kier alpha value is -6.03. The van der Waals surface area contributed by atoms with Crippen molar-refractivity contribution >= 4 is 35.0 Å². The van der Waals surface area contributed by atoms with Crippen molar-refractivity contribution < 1.29 is 23.6 Å². The van der Waals surface area contributed by atoms with Gasteiger partial charge in [0.15, 0.2) is 5.76 Å². The van der Waals surface area contributed by atoms with E-state index in [1.54, 1.807) is 30.5 Å². The highest BCUT2D eigenvalue weighted by molar-refractivity contribution is 5.98. The third-order valence-corrected chi connectivity index (χ3v) is 8.75. The molecule has 4 amide bonds. The molecule has 0 saturated heterocycles. The molecule has 0 aliphatic heterocycles. The van der Waals surface area contributed by atoms with E-state index in [4.69, 9.17) is 4.42 Å². The molecule has 274 valence electrons. The van der Waals surface area contributed by atoms with Crippen LogP contribution in [0.25, 0.3) is 22.8 Å². The molecule has 0 saturated carbocycles. The van der Waals surface area contributed by atoms with Gasteiger partial charge in [-0.2, -0.15) is 0 Å². The fourth-order valence-corrected chi connectivity index (χ4v) is 5.82. The lowest BCUT2D eigenvalue weighted by atomic mass is 10.1. The van der Waals surface area contributed by atoms with Crippen LogP contribution < -0.4 is 21.3 Å². The summed E-state index contributed by atoms with van der Waals surface area (Å²) in [6.07, 6.45) is 6.57. The lowest BCUT2D eigenvalue weighted by Gasteiger charge is -2.18. The van der Waals surface area contributed by atoms with Gasteiger partial charge in [-0.3, -0.25) is 19.2 Å². The summed E-state index contributed by atoms with van der Waals surface area (Å²) in [7, 11) is 0. The number of rotatable bonds is 18. The number of oxazole rings is 1. The Kier molecular flexibility index (Phi) is 14.1. The first kappa shape index (κ1) is 38.2. The summed E-state index contributed by atoms with van der Waals surface area (Å²) >= 11 is 0. The van der Waals surface area contributed by atoms with Gasteiger partial charge in [0.2, 0.25) is 29.5 Å². The van der Waals surface area contributed by atoms with Crippen LogP contribution in [0.2, 0.25) is 0 Å². The molecule has 0 radical (unpaired) electrons. The molecule has 1 aromatic heterocycles. The van der Waals surface area contributed by atoms with Gasteiger partial charge in [0, 0.05) is 22.5 Å². The fourth-order valence-electron chi connectivity index (χ4n) is 5.82. The molecule has 5 aromatic rings. The van der Waals surface area contributed by atoms with E-state index in [9.17, 15) is 19.2 Å². The van der Waals surface area contributed by atoms with Crippen LogP contribution in [0, 0.1) is 0 Å². The van der Waals surface area contributed by atoms with E-state index in [1.807, 2.05) is 98.8 Å². The second kappa shape index (κ2) is 19.5. The SMILES string of the molecule is CCCC[C@H](NC(=O)Cc1ccccc1)C(=O)Nc1ccc(-c2cnc(-c3ccc(NC(=O)[C@H](CCCC)NC(=O)Cc4ccccc4)cc3)o2)cc1. The molecule has 5 rings (SSSR count). The van der Waals surface area contributed by atoms with Crippen LogP contribution in [0.4, 0.5) is 11.4 Å². The molecule has 4 aromatic carbocycles. The van der Waals surface area contributed by atoms with Gasteiger partial charge < -0.3 is 25.7 Å². The molecule has 0 spiro atoms. The molecule has 53 heavy (non-hydrogen) atoms. The van der Waals surface area contributed by atoms with Crippen LogP contribution in [-0.2, 0) is 32.0 Å². The summed E-state index contributed by atoms with van der Waals surface area (Å²) in [4.78, 5) is 56.2. The van der Waals surface area contributed by atoms with Crippen molar-refractivity contribution in [2.75, 3.05) is 10.6 Å². The van der Waals surface area contributed by atoms with Crippen molar-refractivity contribution in [1.29, 1.82) is 0 Å². The first-order chi connectivity index (χ1) is 25.8. The van der Waals surface area contributed by atoms with Crippen molar-refractivity contribution in [2.45, 2.75) is 77.3 Å². The molecule has 0 aliphatic carbocycles. The Labute approximate surface area is 310 Å². The molecule has 10 heteroatoms. The van der Waals surface area contributed by atoms with E-state index in [0.717, 1.165) is 47.9 Å². The standard InChI is InChI=1S/C43H47N5O5/c1-3-5-17-36(47-39(49)27-30-13-9-7-10-14-30)41(51)45-34-23-19-32(20-24-34)38-29-44-43(53-38)33-21-25-35(26-22-33)46-42(52)37(18-6-4-2)48-40(50)28-31-15-11-8-12-16-31/h7-16,19-26,29,36-37H,3-6,17-18,27-28H2,1-2H3,(H,45,51)(H,46,52)(H,47,49)(H,48,50)/t36-,37-/m0/s1. The van der Waals surface area contributed by atoms with Gasteiger partial charge in [-0.25, -0.2) is 4.98 Å². The number of nitrogens with zero attached hydrogens (tertiary/aromatic N) is 1. The number of nitrogens with one attached hydrogen (secondary N) is 4. The minimum absolute atomic E-state index is 0.195. The summed E-state index contributed by atoms with van der Waals surface area (Å²) in [5.41, 5.74) is 4.47. The Morgan fingerprint density at radius 1 is 0.585 bits per heavy atom. The largest absolute Gasteiger partial charge is 0.436 e. The molecule has 4 N–H and O–H groups in total. The molecule has 10 nitrogen and oxygen atoms in total. The number of benzene rings is 4. The minimum atomic E-state index is -0.645. The predicted octanol–water partition coefficient (Wildman–Crippen LogP) is 7.72. The van der Waals surface area contributed by atoms with Crippen LogP contribution in [0.3, 0.4) is 0 Å². The van der Waals surface area contributed by atoms with E-state index < -0.39 is 12.1 Å². The van der Waals surface area contributed by atoms with Gasteiger partial charge in [-0.1, -0.05) is 100 Å². The summed E-state index contributed by atoms with van der Waals surface area (Å²) in [6, 6.07) is 32.0. The van der Waals surface area contributed by atoms with Crippen molar-refractivity contribution in [3.63, 3.8) is 0 Å². The number of hydrogen-bond acceptors (Lipinski definition) is 6. The van der Waals surface area contributed by atoms with Crippen LogP contribution in [0.15, 0.2) is 120 Å². The smallest absolute Gasteiger partial charge is 0.246 e. The number of hydrogen-bond donors (Lipinski definition) is 4. The molecule has 2 atom stereocenters. The minimum Gasteiger partial charge on any atom is -0.436 e. The third kappa shape index (κ3) is 11.8. The topological polar surface area (TPSA) is 142 Å². The fraction of sp³-hybridized carbons (Fsp3) is 0.279. The van der Waals surface area contributed by atoms with Gasteiger partial charge in [-0.05, 0) is 72.5 Å². The van der Waals surface area contributed by atoms with Crippen molar-refractivity contribution in [3.8, 4) is 22.8 Å². The molecule has 0 bridgehead atoms. The van der Waals surface area contributed by atoms with Gasteiger partial charge in [0.1, 0.15) is 12.1 Å². The summed E-state index contributed by atoms with van der Waals surface area (Å²) in [6.45, 7) is 4.09. The normalized spacial score (nSPS) is 12.0. The zero-order chi connectivity index (χ0) is 37.4. The van der Waals surface area contributed by atoms with E-state index in [1.165, 1.54) is 0 Å². The average molecular weight is 714 g/mol. The van der Waals surface area contributed by atoms with E-state index in [0.29, 0.717) is 35.9 Å². The Balaban J connectivity index is 1.16. The van der Waals surface area contributed by atoms with Crippen molar-refractivity contribution in [1.82, 2.24) is 15.6 Å². The Bertz CT molecular complexity index is 1790. The molecule has 0 aliphatic rings. The van der Waals surface area contributed by atoms with Crippen LogP contribution in [-0.4, -0.2) is 40.7 Å². The highest BCUT2D eigenvalue weighted by atomic mass is 16.4.